The number of fused-ring (bicyclic) bond motifs is 1. The van der Waals surface area contributed by atoms with Crippen LogP contribution in [0, 0.1) is 0 Å². The van der Waals surface area contributed by atoms with E-state index in [0.717, 1.165) is 16.7 Å². The van der Waals surface area contributed by atoms with Crippen LogP contribution in [0.5, 0.6) is 0 Å². The third kappa shape index (κ3) is 4.90. The lowest BCUT2D eigenvalue weighted by atomic mass is 10.0. The number of amides is 3. The van der Waals surface area contributed by atoms with Crippen molar-refractivity contribution in [1.29, 1.82) is 0 Å². The van der Waals surface area contributed by atoms with E-state index < -0.39 is 35.2 Å². The van der Waals surface area contributed by atoms with Crippen molar-refractivity contribution in [3.63, 3.8) is 0 Å². The summed E-state index contributed by atoms with van der Waals surface area (Å²) in [6, 6.07) is -0.869. The molecule has 0 aromatic heterocycles. The zero-order valence-electron chi connectivity index (χ0n) is 16.1. The number of ether oxygens (including phenoxy) is 2. The molecule has 30 heavy (non-hydrogen) atoms. The van der Waals surface area contributed by atoms with Crippen LogP contribution in [-0.4, -0.2) is 99.7 Å². The van der Waals surface area contributed by atoms with E-state index in [-0.39, 0.29) is 29.0 Å². The number of aliphatic carboxylic acids is 1. The summed E-state index contributed by atoms with van der Waals surface area (Å²) in [5, 5.41) is 11.3. The van der Waals surface area contributed by atoms with Crippen LogP contribution >= 0.6 is 23.5 Å². The normalized spacial score (nSPS) is 23.4. The lowest BCUT2D eigenvalue weighted by Crippen LogP contribution is -2.70. The number of carbonyl (C=O) groups is 5. The topological polar surface area (TPSA) is 143 Å². The highest BCUT2D eigenvalue weighted by atomic mass is 32.2. The first-order valence-corrected chi connectivity index (χ1v) is 11.1. The van der Waals surface area contributed by atoms with Gasteiger partial charge in [0.25, 0.3) is 11.1 Å². The molecule has 0 radical (unpaired) electrons. The van der Waals surface area contributed by atoms with Gasteiger partial charge in [-0.2, -0.15) is 0 Å². The minimum Gasteiger partial charge on any atom is -0.477 e. The molecule has 2 fully saturated rings. The quantitative estimate of drug-likeness (QED) is 0.393. The fourth-order valence-electron chi connectivity index (χ4n) is 3.16. The number of carboxylic acid groups (broad SMARTS) is 1. The van der Waals surface area contributed by atoms with Crippen LogP contribution in [0.15, 0.2) is 11.3 Å². The Labute approximate surface area is 180 Å². The summed E-state index contributed by atoms with van der Waals surface area (Å²) in [5.74, 6) is -2.78. The molecule has 0 aromatic carbocycles. The van der Waals surface area contributed by atoms with Gasteiger partial charge in [0.15, 0.2) is 0 Å². The van der Waals surface area contributed by atoms with Gasteiger partial charge < -0.3 is 24.8 Å². The van der Waals surface area contributed by atoms with Crippen molar-refractivity contribution >= 4 is 52.5 Å². The van der Waals surface area contributed by atoms with Crippen molar-refractivity contribution in [1.82, 2.24) is 15.1 Å². The van der Waals surface area contributed by atoms with Gasteiger partial charge >= 0.3 is 11.9 Å². The SMILES string of the molecule is CC(=O)OCC1=C(C(=O)O)N2C(=O)C(NC(=O)CSC(=O)N3CCOCC3)C2SC1. The van der Waals surface area contributed by atoms with Crippen LogP contribution < -0.4 is 5.32 Å². The highest BCUT2D eigenvalue weighted by Crippen LogP contribution is 2.40. The number of esters is 1. The number of carboxylic acids is 1. The van der Waals surface area contributed by atoms with E-state index in [1.165, 1.54) is 18.7 Å². The maximum Gasteiger partial charge on any atom is 0.352 e. The molecule has 13 heteroatoms. The maximum absolute atomic E-state index is 12.5. The van der Waals surface area contributed by atoms with Gasteiger partial charge in [-0.3, -0.25) is 24.1 Å². The van der Waals surface area contributed by atoms with Crippen molar-refractivity contribution in [2.24, 2.45) is 0 Å². The van der Waals surface area contributed by atoms with Crippen molar-refractivity contribution < 1.29 is 38.6 Å². The van der Waals surface area contributed by atoms with Crippen molar-refractivity contribution in [2.75, 3.05) is 44.4 Å². The second kappa shape index (κ2) is 9.71. The maximum atomic E-state index is 12.5. The number of hydrogen-bond donors (Lipinski definition) is 2. The summed E-state index contributed by atoms with van der Waals surface area (Å²) in [6.45, 7) is 2.87. The average Bonchev–Trinajstić information content (AvgIpc) is 2.73. The molecule has 2 saturated heterocycles. The number of nitrogens with one attached hydrogen (secondary N) is 1. The summed E-state index contributed by atoms with van der Waals surface area (Å²) < 4.78 is 10.0. The first-order valence-electron chi connectivity index (χ1n) is 9.11. The molecule has 3 aliphatic heterocycles. The Kier molecular flexibility index (Phi) is 7.26. The Morgan fingerprint density at radius 3 is 2.63 bits per heavy atom. The minimum absolute atomic E-state index is 0.142. The van der Waals surface area contributed by atoms with Crippen molar-refractivity contribution in [2.45, 2.75) is 18.3 Å². The summed E-state index contributed by atoms with van der Waals surface area (Å²) in [5.41, 5.74) is 0.108. The lowest BCUT2D eigenvalue weighted by Gasteiger charge is -2.49. The molecule has 0 spiro atoms. The molecule has 0 aliphatic carbocycles. The van der Waals surface area contributed by atoms with Gasteiger partial charge in [0, 0.05) is 31.3 Å². The first-order chi connectivity index (χ1) is 14.3. The first kappa shape index (κ1) is 22.4. The Morgan fingerprint density at radius 1 is 1.30 bits per heavy atom. The lowest BCUT2D eigenvalue weighted by molar-refractivity contribution is -0.150. The number of thioether (sulfide) groups is 2. The molecule has 11 nitrogen and oxygen atoms in total. The predicted octanol–water partition coefficient (Wildman–Crippen LogP) is -0.526. The number of morpholine rings is 1. The standard InChI is InChI=1S/C17H21N3O8S2/c1-9(21)28-6-10-7-29-15-12(14(23)20(15)13(10)16(24)25)18-11(22)8-30-17(26)19-2-4-27-5-3-19/h12,15H,2-8H2,1H3,(H,18,22)(H,24,25). The van der Waals surface area contributed by atoms with Crippen LogP contribution in [0.25, 0.3) is 0 Å². The number of nitrogens with zero attached hydrogens (tertiary/aromatic N) is 2. The molecule has 0 saturated carbocycles. The number of hydrogen-bond acceptors (Lipinski definition) is 9. The number of rotatable bonds is 6. The van der Waals surface area contributed by atoms with E-state index in [2.05, 4.69) is 5.32 Å². The predicted molar refractivity (Wildman–Crippen MR) is 107 cm³/mol. The molecule has 0 aromatic rings. The van der Waals surface area contributed by atoms with Gasteiger partial charge in [-0.1, -0.05) is 11.8 Å². The van der Waals surface area contributed by atoms with Gasteiger partial charge in [0.2, 0.25) is 5.91 Å². The summed E-state index contributed by atoms with van der Waals surface area (Å²) in [4.78, 5) is 62.2. The van der Waals surface area contributed by atoms with Gasteiger partial charge in [-0.15, -0.1) is 11.8 Å². The van der Waals surface area contributed by atoms with E-state index >= 15 is 0 Å². The van der Waals surface area contributed by atoms with Crippen LogP contribution in [0.4, 0.5) is 4.79 Å². The van der Waals surface area contributed by atoms with E-state index in [9.17, 15) is 29.1 Å². The van der Waals surface area contributed by atoms with Crippen LogP contribution in [0.2, 0.25) is 0 Å². The highest BCUT2D eigenvalue weighted by molar-refractivity contribution is 8.14. The Balaban J connectivity index is 1.55. The number of carbonyl (C=O) groups excluding carboxylic acids is 4. The zero-order chi connectivity index (χ0) is 21.8. The van der Waals surface area contributed by atoms with E-state index in [0.29, 0.717) is 31.9 Å². The molecule has 3 rings (SSSR count). The van der Waals surface area contributed by atoms with Crippen molar-refractivity contribution in [3.05, 3.63) is 11.3 Å². The minimum atomic E-state index is -1.30. The molecule has 2 unspecified atom stereocenters. The summed E-state index contributed by atoms with van der Waals surface area (Å²) in [7, 11) is 0. The zero-order valence-corrected chi connectivity index (χ0v) is 17.8. The molecule has 2 N–H and O–H groups in total. The Morgan fingerprint density at radius 2 is 2.00 bits per heavy atom. The van der Waals surface area contributed by atoms with E-state index in [1.807, 2.05) is 0 Å². The van der Waals surface area contributed by atoms with Crippen LogP contribution in [0.1, 0.15) is 6.92 Å². The van der Waals surface area contributed by atoms with Crippen LogP contribution in [0.3, 0.4) is 0 Å². The van der Waals surface area contributed by atoms with Gasteiger partial charge in [0.1, 0.15) is 23.7 Å². The molecule has 3 aliphatic rings. The van der Waals surface area contributed by atoms with Crippen molar-refractivity contribution in [3.8, 4) is 0 Å². The fraction of sp³-hybridized carbons (Fsp3) is 0.588. The van der Waals surface area contributed by atoms with Crippen LogP contribution in [-0.2, 0) is 28.7 Å². The second-order valence-corrected chi connectivity index (χ2v) is 8.68. The van der Waals surface area contributed by atoms with Gasteiger partial charge in [-0.05, 0) is 0 Å². The average molecular weight is 460 g/mol. The Bertz CT molecular complexity index is 796. The smallest absolute Gasteiger partial charge is 0.352 e. The molecular formula is C17H21N3O8S2. The second-order valence-electron chi connectivity index (χ2n) is 6.65. The summed E-state index contributed by atoms with van der Waals surface area (Å²) in [6.07, 6.45) is 0. The molecule has 3 amide bonds. The number of β-lactam (4-membered cyclic amide) rings is 1. The molecule has 2 atom stereocenters. The third-order valence-electron chi connectivity index (χ3n) is 4.61. The molecule has 164 valence electrons. The third-order valence-corrected chi connectivity index (χ3v) is 6.86. The van der Waals surface area contributed by atoms with E-state index in [1.54, 1.807) is 4.90 Å². The summed E-state index contributed by atoms with van der Waals surface area (Å²) >= 11 is 2.13. The highest BCUT2D eigenvalue weighted by Gasteiger charge is 2.54. The van der Waals surface area contributed by atoms with E-state index in [4.69, 9.17) is 9.47 Å². The monoisotopic (exact) mass is 459 g/mol. The largest absolute Gasteiger partial charge is 0.477 e. The Hall–Kier alpha value is -2.25. The molecule has 3 heterocycles. The molecular weight excluding hydrogens is 438 g/mol. The fourth-order valence-corrected chi connectivity index (χ4v) is 5.19. The molecule has 0 bridgehead atoms. The van der Waals surface area contributed by atoms with Gasteiger partial charge in [-0.25, -0.2) is 4.79 Å². The van der Waals surface area contributed by atoms with Gasteiger partial charge in [0.05, 0.1) is 19.0 Å².